The summed E-state index contributed by atoms with van der Waals surface area (Å²) in [6.45, 7) is 1.99. The van der Waals surface area contributed by atoms with E-state index in [1.165, 1.54) is 0 Å². The summed E-state index contributed by atoms with van der Waals surface area (Å²) < 4.78 is 0. The van der Waals surface area contributed by atoms with Gasteiger partial charge in [0.1, 0.15) is 0 Å². The Morgan fingerprint density at radius 1 is 0.931 bits per heavy atom. The van der Waals surface area contributed by atoms with Gasteiger partial charge in [-0.25, -0.2) is 9.97 Å². The molecule has 0 fully saturated rings. The molecule has 0 aliphatic heterocycles. The molecule has 6 nitrogen and oxygen atoms in total. The number of nitrogens with one attached hydrogen (secondary N) is 1. The van der Waals surface area contributed by atoms with Crippen molar-refractivity contribution in [3.05, 3.63) is 78.5 Å². The highest BCUT2D eigenvalue weighted by Crippen LogP contribution is 2.38. The molecule has 0 atom stereocenters. The lowest BCUT2D eigenvalue weighted by molar-refractivity contribution is 0.459. The van der Waals surface area contributed by atoms with Gasteiger partial charge in [0.2, 0.25) is 5.88 Å². The van der Waals surface area contributed by atoms with Gasteiger partial charge in [-0.3, -0.25) is 0 Å². The maximum Gasteiger partial charge on any atom is 0.218 e. The van der Waals surface area contributed by atoms with Gasteiger partial charge in [0, 0.05) is 22.5 Å². The van der Waals surface area contributed by atoms with Crippen LogP contribution >= 0.6 is 0 Å². The molecule has 5 rings (SSSR count). The van der Waals surface area contributed by atoms with Crippen LogP contribution in [0, 0.1) is 6.92 Å². The van der Waals surface area contributed by atoms with Crippen LogP contribution in [0.4, 0.5) is 11.5 Å². The molecule has 0 saturated heterocycles. The van der Waals surface area contributed by atoms with Crippen molar-refractivity contribution >= 4 is 33.4 Å². The van der Waals surface area contributed by atoms with Crippen LogP contribution in [-0.4, -0.2) is 20.1 Å². The third-order valence-electron chi connectivity index (χ3n) is 4.81. The van der Waals surface area contributed by atoms with Crippen molar-refractivity contribution < 1.29 is 5.11 Å². The summed E-state index contributed by atoms with van der Waals surface area (Å²) in [4.78, 5) is 11.9. The van der Waals surface area contributed by atoms with Crippen molar-refractivity contribution in [1.29, 1.82) is 0 Å². The molecule has 2 N–H and O–H groups in total. The van der Waals surface area contributed by atoms with E-state index in [0.717, 1.165) is 33.0 Å². The molecule has 0 radical (unpaired) electrons. The van der Waals surface area contributed by atoms with E-state index >= 15 is 0 Å². The SMILES string of the molecule is Cc1ccc2[nH]c(O)c(N=Nc3nc4ncccc4cc3-c3ccccc3)c2c1. The van der Waals surface area contributed by atoms with Gasteiger partial charge in [0.15, 0.2) is 17.2 Å². The van der Waals surface area contributed by atoms with Gasteiger partial charge in [-0.1, -0.05) is 42.0 Å². The number of fused-ring (bicyclic) bond motifs is 2. The Bertz CT molecular complexity index is 1370. The average Bonchev–Trinajstić information content (AvgIpc) is 3.06. The van der Waals surface area contributed by atoms with E-state index in [2.05, 4.69) is 25.2 Å². The van der Waals surface area contributed by atoms with Crippen LogP contribution in [0.15, 0.2) is 83.2 Å². The molecule has 0 unspecified atom stereocenters. The lowest BCUT2D eigenvalue weighted by Crippen LogP contribution is -1.87. The summed E-state index contributed by atoms with van der Waals surface area (Å²) in [5, 5.41) is 20.8. The molecule has 140 valence electrons. The van der Waals surface area contributed by atoms with Gasteiger partial charge in [0.25, 0.3) is 0 Å². The van der Waals surface area contributed by atoms with Gasteiger partial charge in [0.05, 0.1) is 5.52 Å². The minimum atomic E-state index is -0.0190. The second-order valence-electron chi connectivity index (χ2n) is 6.85. The standard InChI is InChI=1S/C23H17N5O/c1-14-9-10-19-18(12-14)20(23(29)25-19)27-28-22-17(15-6-3-2-4-7-15)13-16-8-5-11-24-21(16)26-22/h2-13,25,29H,1H3. The number of aromatic hydroxyl groups is 1. The highest BCUT2D eigenvalue weighted by molar-refractivity contribution is 5.94. The van der Waals surface area contributed by atoms with Crippen LogP contribution in [0.2, 0.25) is 0 Å². The number of hydrogen-bond acceptors (Lipinski definition) is 5. The zero-order chi connectivity index (χ0) is 19.8. The molecule has 0 spiro atoms. The van der Waals surface area contributed by atoms with Crippen molar-refractivity contribution in [2.24, 2.45) is 10.2 Å². The number of benzene rings is 2. The van der Waals surface area contributed by atoms with Crippen LogP contribution in [0.1, 0.15) is 5.56 Å². The first kappa shape index (κ1) is 17.1. The summed E-state index contributed by atoms with van der Waals surface area (Å²) in [7, 11) is 0. The quantitative estimate of drug-likeness (QED) is 0.365. The Labute approximate surface area is 166 Å². The Hall–Kier alpha value is -4.06. The number of aryl methyl sites for hydroxylation is 1. The first-order valence-electron chi connectivity index (χ1n) is 9.23. The Kier molecular flexibility index (Phi) is 4.02. The fraction of sp³-hybridized carbons (Fsp3) is 0.0435. The molecule has 3 heterocycles. The smallest absolute Gasteiger partial charge is 0.218 e. The minimum Gasteiger partial charge on any atom is -0.493 e. The van der Waals surface area contributed by atoms with E-state index in [1.54, 1.807) is 6.20 Å². The van der Waals surface area contributed by atoms with Gasteiger partial charge < -0.3 is 10.1 Å². The number of pyridine rings is 2. The normalized spacial score (nSPS) is 11.6. The number of aromatic nitrogens is 3. The number of rotatable bonds is 3. The van der Waals surface area contributed by atoms with Crippen molar-refractivity contribution in [1.82, 2.24) is 15.0 Å². The molecular formula is C23H17N5O. The lowest BCUT2D eigenvalue weighted by Gasteiger charge is -2.06. The van der Waals surface area contributed by atoms with E-state index in [0.29, 0.717) is 17.2 Å². The number of azo groups is 1. The number of hydrogen-bond donors (Lipinski definition) is 2. The second-order valence-corrected chi connectivity index (χ2v) is 6.85. The molecule has 0 bridgehead atoms. The fourth-order valence-corrected chi connectivity index (χ4v) is 3.38. The third-order valence-corrected chi connectivity index (χ3v) is 4.81. The van der Waals surface area contributed by atoms with E-state index < -0.39 is 0 Å². The topological polar surface area (TPSA) is 86.5 Å². The second kappa shape index (κ2) is 6.83. The number of H-pyrrole nitrogens is 1. The van der Waals surface area contributed by atoms with Crippen molar-refractivity contribution in [3.63, 3.8) is 0 Å². The molecular weight excluding hydrogens is 362 g/mol. The van der Waals surface area contributed by atoms with E-state index in [4.69, 9.17) is 0 Å². The molecule has 0 aliphatic rings. The van der Waals surface area contributed by atoms with Crippen LogP contribution in [-0.2, 0) is 0 Å². The Balaban J connectivity index is 1.69. The summed E-state index contributed by atoms with van der Waals surface area (Å²) in [5.74, 6) is 0.429. The number of nitrogens with zero attached hydrogens (tertiary/aromatic N) is 4. The summed E-state index contributed by atoms with van der Waals surface area (Å²) in [6.07, 6.45) is 1.70. The molecule has 3 aromatic heterocycles. The molecule has 0 amide bonds. The molecule has 29 heavy (non-hydrogen) atoms. The molecule has 0 saturated carbocycles. The highest BCUT2D eigenvalue weighted by atomic mass is 16.3. The van der Waals surface area contributed by atoms with Crippen molar-refractivity contribution in [2.45, 2.75) is 6.92 Å². The van der Waals surface area contributed by atoms with E-state index in [-0.39, 0.29) is 5.88 Å². The zero-order valence-corrected chi connectivity index (χ0v) is 15.7. The van der Waals surface area contributed by atoms with Crippen LogP contribution < -0.4 is 0 Å². The minimum absolute atomic E-state index is 0.0190. The van der Waals surface area contributed by atoms with Gasteiger partial charge in [-0.05, 0) is 42.8 Å². The van der Waals surface area contributed by atoms with Crippen molar-refractivity contribution in [3.8, 4) is 17.0 Å². The monoisotopic (exact) mass is 379 g/mol. The van der Waals surface area contributed by atoms with Crippen LogP contribution in [0.5, 0.6) is 5.88 Å². The zero-order valence-electron chi connectivity index (χ0n) is 15.7. The predicted molar refractivity (Wildman–Crippen MR) is 114 cm³/mol. The van der Waals surface area contributed by atoms with Crippen LogP contribution in [0.25, 0.3) is 33.1 Å². The third kappa shape index (κ3) is 3.10. The summed E-state index contributed by atoms with van der Waals surface area (Å²) in [5.41, 5.74) is 4.71. The average molecular weight is 379 g/mol. The van der Waals surface area contributed by atoms with Gasteiger partial charge >= 0.3 is 0 Å². The van der Waals surface area contributed by atoms with Gasteiger partial charge in [-0.15, -0.1) is 10.2 Å². The first-order valence-corrected chi connectivity index (χ1v) is 9.23. The van der Waals surface area contributed by atoms with Gasteiger partial charge in [-0.2, -0.15) is 0 Å². The van der Waals surface area contributed by atoms with Crippen molar-refractivity contribution in [2.75, 3.05) is 0 Å². The Morgan fingerprint density at radius 3 is 2.66 bits per heavy atom. The molecule has 2 aromatic carbocycles. The maximum absolute atomic E-state index is 10.3. The molecule has 5 aromatic rings. The molecule has 6 heteroatoms. The largest absolute Gasteiger partial charge is 0.493 e. The fourth-order valence-electron chi connectivity index (χ4n) is 3.38. The Morgan fingerprint density at radius 2 is 1.79 bits per heavy atom. The first-order chi connectivity index (χ1) is 14.2. The lowest BCUT2D eigenvalue weighted by atomic mass is 10.1. The molecule has 0 aliphatic carbocycles. The van der Waals surface area contributed by atoms with E-state index in [9.17, 15) is 5.11 Å². The predicted octanol–water partition coefficient (Wildman–Crippen LogP) is 6.21. The summed E-state index contributed by atoms with van der Waals surface area (Å²) in [6, 6.07) is 21.6. The highest BCUT2D eigenvalue weighted by Gasteiger charge is 2.13. The number of aromatic amines is 1. The summed E-state index contributed by atoms with van der Waals surface area (Å²) >= 11 is 0. The van der Waals surface area contributed by atoms with E-state index in [1.807, 2.05) is 73.7 Å². The van der Waals surface area contributed by atoms with Crippen LogP contribution in [0.3, 0.4) is 0 Å². The maximum atomic E-state index is 10.3.